The van der Waals surface area contributed by atoms with E-state index in [4.69, 9.17) is 9.47 Å². The van der Waals surface area contributed by atoms with Gasteiger partial charge in [0.2, 0.25) is 0 Å². The monoisotopic (exact) mass is 557 g/mol. The SMILES string of the molecule is COc1ccc(-c2nnc(SCC(=O)N/N=C/c3ccc(Br)s3)n2-c2ccccc2)cc1OC. The molecule has 0 saturated carbocycles. The lowest BCUT2D eigenvalue weighted by molar-refractivity contribution is -0.118. The second kappa shape index (κ2) is 11.3. The van der Waals surface area contributed by atoms with E-state index in [0.29, 0.717) is 22.5 Å². The Hall–Kier alpha value is -3.15. The van der Waals surface area contributed by atoms with Crippen LogP contribution >= 0.6 is 39.0 Å². The average Bonchev–Trinajstić information content (AvgIpc) is 3.48. The molecule has 174 valence electrons. The summed E-state index contributed by atoms with van der Waals surface area (Å²) in [6, 6.07) is 19.1. The number of thioether (sulfide) groups is 1. The fourth-order valence-corrected chi connectivity index (χ4v) is 5.10. The zero-order chi connectivity index (χ0) is 23.9. The van der Waals surface area contributed by atoms with Crippen molar-refractivity contribution in [3.05, 3.63) is 69.3 Å². The molecule has 0 unspecified atom stereocenters. The van der Waals surface area contributed by atoms with Crippen molar-refractivity contribution in [1.29, 1.82) is 0 Å². The number of rotatable bonds is 9. The van der Waals surface area contributed by atoms with Crippen LogP contribution < -0.4 is 14.9 Å². The predicted octanol–water partition coefficient (Wildman–Crippen LogP) is 5.02. The summed E-state index contributed by atoms with van der Waals surface area (Å²) in [5, 5.41) is 13.4. The largest absolute Gasteiger partial charge is 0.493 e. The molecule has 4 rings (SSSR count). The van der Waals surface area contributed by atoms with Crippen LogP contribution in [0.1, 0.15) is 4.88 Å². The van der Waals surface area contributed by atoms with Gasteiger partial charge in [0.05, 0.1) is 30.0 Å². The summed E-state index contributed by atoms with van der Waals surface area (Å²) >= 11 is 6.20. The number of halogens is 1. The maximum Gasteiger partial charge on any atom is 0.250 e. The fourth-order valence-electron chi connectivity index (χ4n) is 3.06. The van der Waals surface area contributed by atoms with Gasteiger partial charge >= 0.3 is 0 Å². The number of thiophene rings is 1. The highest BCUT2D eigenvalue weighted by Crippen LogP contribution is 2.34. The first-order chi connectivity index (χ1) is 16.6. The van der Waals surface area contributed by atoms with Crippen molar-refractivity contribution in [1.82, 2.24) is 20.2 Å². The highest BCUT2D eigenvalue weighted by atomic mass is 79.9. The summed E-state index contributed by atoms with van der Waals surface area (Å²) in [5.74, 6) is 1.72. The van der Waals surface area contributed by atoms with Crippen molar-refractivity contribution >= 4 is 51.2 Å². The van der Waals surface area contributed by atoms with Crippen LogP contribution in [0.2, 0.25) is 0 Å². The summed E-state index contributed by atoms with van der Waals surface area (Å²) in [6.07, 6.45) is 1.61. The Morgan fingerprint density at radius 3 is 2.62 bits per heavy atom. The Morgan fingerprint density at radius 2 is 1.91 bits per heavy atom. The molecule has 34 heavy (non-hydrogen) atoms. The molecule has 0 spiro atoms. The van der Waals surface area contributed by atoms with E-state index in [-0.39, 0.29) is 11.7 Å². The third-order valence-electron chi connectivity index (χ3n) is 4.60. The molecule has 4 aromatic rings. The molecular formula is C23H20BrN5O3S2. The zero-order valence-corrected chi connectivity index (χ0v) is 21.5. The van der Waals surface area contributed by atoms with E-state index in [1.54, 1.807) is 20.4 Å². The first-order valence-corrected chi connectivity index (χ1v) is 12.6. The molecule has 2 aromatic heterocycles. The number of methoxy groups -OCH3 is 2. The summed E-state index contributed by atoms with van der Waals surface area (Å²) in [7, 11) is 3.18. The first-order valence-electron chi connectivity index (χ1n) is 10.0. The van der Waals surface area contributed by atoms with Gasteiger partial charge in [-0.2, -0.15) is 5.10 Å². The molecule has 0 aliphatic rings. The molecule has 0 saturated heterocycles. The summed E-state index contributed by atoms with van der Waals surface area (Å²) in [4.78, 5) is 13.3. The van der Waals surface area contributed by atoms with E-state index >= 15 is 0 Å². The fraction of sp³-hybridized carbons (Fsp3) is 0.130. The van der Waals surface area contributed by atoms with E-state index in [1.807, 2.05) is 65.2 Å². The quantitative estimate of drug-likeness (QED) is 0.176. The van der Waals surface area contributed by atoms with Crippen LogP contribution in [-0.4, -0.2) is 46.9 Å². The number of nitrogens with one attached hydrogen (secondary N) is 1. The van der Waals surface area contributed by atoms with Gasteiger partial charge in [0.15, 0.2) is 22.5 Å². The van der Waals surface area contributed by atoms with Gasteiger partial charge in [0, 0.05) is 16.1 Å². The maximum absolute atomic E-state index is 12.4. The third-order valence-corrected chi connectivity index (χ3v) is 7.08. The van der Waals surface area contributed by atoms with Crippen LogP contribution in [0.4, 0.5) is 0 Å². The van der Waals surface area contributed by atoms with Crippen LogP contribution in [-0.2, 0) is 4.79 Å². The Labute approximate surface area is 213 Å². The Bertz CT molecular complexity index is 1310. The van der Waals surface area contributed by atoms with Gasteiger partial charge in [-0.3, -0.25) is 9.36 Å². The number of carbonyl (C=O) groups is 1. The number of hydrazone groups is 1. The maximum atomic E-state index is 12.4. The van der Waals surface area contributed by atoms with Crippen molar-refractivity contribution in [3.8, 4) is 28.6 Å². The van der Waals surface area contributed by atoms with E-state index in [0.717, 1.165) is 19.9 Å². The standard InChI is InChI=1S/C23H20BrN5O3S2/c1-31-18-10-8-15(12-19(18)32-2)22-27-28-23(29(22)16-6-4-3-5-7-16)33-14-21(30)26-25-13-17-9-11-20(24)34-17/h3-13H,14H2,1-2H3,(H,26,30)/b25-13+. The van der Waals surface area contributed by atoms with Gasteiger partial charge in [0.1, 0.15) is 0 Å². The van der Waals surface area contributed by atoms with Gasteiger partial charge in [-0.25, -0.2) is 5.43 Å². The van der Waals surface area contributed by atoms with Gasteiger partial charge in [-0.1, -0.05) is 30.0 Å². The number of carbonyl (C=O) groups excluding carboxylic acids is 1. The molecule has 2 aromatic carbocycles. The van der Waals surface area contributed by atoms with Crippen LogP contribution in [0.3, 0.4) is 0 Å². The summed E-state index contributed by atoms with van der Waals surface area (Å²) in [5.41, 5.74) is 4.23. The van der Waals surface area contributed by atoms with E-state index in [2.05, 4.69) is 36.7 Å². The van der Waals surface area contributed by atoms with Crippen molar-refractivity contribution in [2.45, 2.75) is 5.16 Å². The smallest absolute Gasteiger partial charge is 0.250 e. The van der Waals surface area contributed by atoms with Crippen molar-refractivity contribution < 1.29 is 14.3 Å². The molecule has 1 N–H and O–H groups in total. The van der Waals surface area contributed by atoms with Crippen LogP contribution in [0.5, 0.6) is 11.5 Å². The first kappa shape index (κ1) is 24.0. The van der Waals surface area contributed by atoms with Crippen LogP contribution in [0, 0.1) is 0 Å². The summed E-state index contributed by atoms with van der Waals surface area (Å²) in [6.45, 7) is 0. The number of para-hydroxylation sites is 1. The molecule has 11 heteroatoms. The molecule has 0 aliphatic heterocycles. The van der Waals surface area contributed by atoms with Crippen molar-refractivity contribution in [2.24, 2.45) is 5.10 Å². The van der Waals surface area contributed by atoms with E-state index < -0.39 is 0 Å². The molecule has 8 nitrogen and oxygen atoms in total. The second-order valence-electron chi connectivity index (χ2n) is 6.77. The minimum absolute atomic E-state index is 0.127. The van der Waals surface area contributed by atoms with Gasteiger partial charge in [-0.15, -0.1) is 21.5 Å². The van der Waals surface area contributed by atoms with Crippen LogP contribution in [0.15, 0.2) is 74.7 Å². The molecule has 0 atom stereocenters. The minimum Gasteiger partial charge on any atom is -0.493 e. The number of ether oxygens (including phenoxy) is 2. The van der Waals surface area contributed by atoms with Crippen molar-refractivity contribution in [2.75, 3.05) is 20.0 Å². The topological polar surface area (TPSA) is 90.6 Å². The zero-order valence-electron chi connectivity index (χ0n) is 18.3. The number of benzene rings is 2. The highest BCUT2D eigenvalue weighted by Gasteiger charge is 2.18. The number of hydrogen-bond acceptors (Lipinski definition) is 8. The minimum atomic E-state index is -0.243. The summed E-state index contributed by atoms with van der Waals surface area (Å²) < 4.78 is 13.7. The Balaban J connectivity index is 1.55. The third kappa shape index (κ3) is 5.66. The number of aromatic nitrogens is 3. The lowest BCUT2D eigenvalue weighted by atomic mass is 10.2. The number of hydrogen-bond donors (Lipinski definition) is 1. The molecule has 2 heterocycles. The van der Waals surface area contributed by atoms with Gasteiger partial charge in [-0.05, 0) is 58.4 Å². The predicted molar refractivity (Wildman–Crippen MR) is 138 cm³/mol. The molecule has 0 fully saturated rings. The molecular weight excluding hydrogens is 538 g/mol. The average molecular weight is 558 g/mol. The van der Waals surface area contributed by atoms with E-state index in [9.17, 15) is 4.79 Å². The molecule has 0 radical (unpaired) electrons. The van der Waals surface area contributed by atoms with Gasteiger partial charge in [0.25, 0.3) is 5.91 Å². The molecule has 0 bridgehead atoms. The lowest BCUT2D eigenvalue weighted by Crippen LogP contribution is -2.19. The Morgan fingerprint density at radius 1 is 1.12 bits per heavy atom. The molecule has 1 amide bonds. The van der Waals surface area contributed by atoms with Crippen molar-refractivity contribution in [3.63, 3.8) is 0 Å². The van der Waals surface area contributed by atoms with Gasteiger partial charge < -0.3 is 9.47 Å². The number of nitrogens with zero attached hydrogens (tertiary/aromatic N) is 4. The van der Waals surface area contributed by atoms with E-state index in [1.165, 1.54) is 23.1 Å². The van der Waals surface area contributed by atoms with Crippen LogP contribution in [0.25, 0.3) is 17.1 Å². The number of amides is 1. The Kier molecular flexibility index (Phi) is 7.99. The molecule has 0 aliphatic carbocycles. The second-order valence-corrected chi connectivity index (χ2v) is 10.2. The lowest BCUT2D eigenvalue weighted by Gasteiger charge is -2.12. The highest BCUT2D eigenvalue weighted by molar-refractivity contribution is 9.11. The normalized spacial score (nSPS) is 11.0.